The Morgan fingerprint density at radius 3 is 2.77 bits per heavy atom. The summed E-state index contributed by atoms with van der Waals surface area (Å²) in [6.07, 6.45) is 0. The van der Waals surface area contributed by atoms with Crippen LogP contribution in [0.5, 0.6) is 0 Å². The molecule has 2 rings (SSSR count). The zero-order valence-electron chi connectivity index (χ0n) is 7.13. The Bertz CT molecular complexity index is 437. The smallest absolute Gasteiger partial charge is 0.131 e. The number of hydrogen-bond donors (Lipinski definition) is 1. The first-order valence-corrected chi connectivity index (χ1v) is 4.18. The first-order valence-electron chi connectivity index (χ1n) is 4.18. The average molecular weight is 175 g/mol. The van der Waals surface area contributed by atoms with E-state index in [2.05, 4.69) is 0 Å². The minimum atomic E-state index is -0.180. The van der Waals surface area contributed by atoms with Crippen LogP contribution >= 0.6 is 0 Å². The highest BCUT2D eigenvalue weighted by Crippen LogP contribution is 2.18. The van der Waals surface area contributed by atoms with Gasteiger partial charge in [-0.1, -0.05) is 24.3 Å². The molecule has 0 aromatic heterocycles. The molecule has 2 aromatic rings. The predicted octanol–water partition coefficient (Wildman–Crippen LogP) is 2.44. The molecule has 2 N–H and O–H groups in total. The molecule has 0 fully saturated rings. The first kappa shape index (κ1) is 8.20. The standard InChI is InChI=1S/C11H10FN/c12-11-3-1-2-9-6-8(7-13)4-5-10(9)11/h1-6H,7,13H2. The fourth-order valence-corrected chi connectivity index (χ4v) is 1.42. The lowest BCUT2D eigenvalue weighted by molar-refractivity contribution is 0.640. The second-order valence-corrected chi connectivity index (χ2v) is 3.00. The van der Waals surface area contributed by atoms with E-state index in [0.29, 0.717) is 11.9 Å². The van der Waals surface area contributed by atoms with Crippen molar-refractivity contribution >= 4 is 10.8 Å². The molecule has 0 unspecified atom stereocenters. The molecule has 0 aliphatic carbocycles. The zero-order chi connectivity index (χ0) is 9.26. The SMILES string of the molecule is NCc1ccc2c(F)cccc2c1. The van der Waals surface area contributed by atoms with E-state index in [-0.39, 0.29) is 5.82 Å². The third-order valence-corrected chi connectivity index (χ3v) is 2.13. The van der Waals surface area contributed by atoms with Crippen molar-refractivity contribution in [2.75, 3.05) is 0 Å². The molecule has 0 heterocycles. The Labute approximate surface area is 76.0 Å². The largest absolute Gasteiger partial charge is 0.326 e. The Morgan fingerprint density at radius 2 is 2.00 bits per heavy atom. The summed E-state index contributed by atoms with van der Waals surface area (Å²) >= 11 is 0. The van der Waals surface area contributed by atoms with Gasteiger partial charge in [0.15, 0.2) is 0 Å². The quantitative estimate of drug-likeness (QED) is 0.707. The molecule has 0 saturated heterocycles. The van der Waals surface area contributed by atoms with E-state index in [1.165, 1.54) is 6.07 Å². The van der Waals surface area contributed by atoms with Crippen molar-refractivity contribution in [1.82, 2.24) is 0 Å². The summed E-state index contributed by atoms with van der Waals surface area (Å²) < 4.78 is 13.2. The molecule has 0 amide bonds. The molecule has 2 aromatic carbocycles. The molecule has 2 heteroatoms. The summed E-state index contributed by atoms with van der Waals surface area (Å²) in [6, 6.07) is 10.6. The van der Waals surface area contributed by atoms with Crippen molar-refractivity contribution in [3.63, 3.8) is 0 Å². The number of fused-ring (bicyclic) bond motifs is 1. The summed E-state index contributed by atoms with van der Waals surface area (Å²) in [7, 11) is 0. The lowest BCUT2D eigenvalue weighted by Gasteiger charge is -2.01. The molecule has 0 radical (unpaired) electrons. The third-order valence-electron chi connectivity index (χ3n) is 2.13. The Hall–Kier alpha value is -1.41. The van der Waals surface area contributed by atoms with Gasteiger partial charge in [-0.3, -0.25) is 0 Å². The normalized spacial score (nSPS) is 10.6. The van der Waals surface area contributed by atoms with Crippen LogP contribution in [0.25, 0.3) is 10.8 Å². The number of benzene rings is 2. The maximum absolute atomic E-state index is 13.2. The van der Waals surface area contributed by atoms with Gasteiger partial charge in [-0.05, 0) is 23.1 Å². The third kappa shape index (κ3) is 1.40. The minimum absolute atomic E-state index is 0.180. The number of halogens is 1. The van der Waals surface area contributed by atoms with E-state index in [1.54, 1.807) is 12.1 Å². The van der Waals surface area contributed by atoms with Crippen LogP contribution in [0, 0.1) is 5.82 Å². The van der Waals surface area contributed by atoms with Crippen LogP contribution in [0.1, 0.15) is 5.56 Å². The van der Waals surface area contributed by atoms with Crippen LogP contribution in [-0.4, -0.2) is 0 Å². The van der Waals surface area contributed by atoms with Crippen molar-refractivity contribution < 1.29 is 4.39 Å². The first-order chi connectivity index (χ1) is 6.31. The molecule has 0 aliphatic heterocycles. The maximum Gasteiger partial charge on any atom is 0.131 e. The predicted molar refractivity (Wildman–Crippen MR) is 51.8 cm³/mol. The van der Waals surface area contributed by atoms with E-state index in [4.69, 9.17) is 5.73 Å². The van der Waals surface area contributed by atoms with Crippen LogP contribution in [0.2, 0.25) is 0 Å². The van der Waals surface area contributed by atoms with E-state index in [9.17, 15) is 4.39 Å². The van der Waals surface area contributed by atoms with Crippen molar-refractivity contribution in [3.8, 4) is 0 Å². The Kier molecular flexibility index (Phi) is 1.99. The summed E-state index contributed by atoms with van der Waals surface area (Å²) in [5.74, 6) is -0.180. The van der Waals surface area contributed by atoms with Gasteiger partial charge < -0.3 is 5.73 Å². The lowest BCUT2D eigenvalue weighted by Crippen LogP contribution is -1.95. The van der Waals surface area contributed by atoms with Crippen molar-refractivity contribution in [2.24, 2.45) is 5.73 Å². The summed E-state index contributed by atoms with van der Waals surface area (Å²) in [6.45, 7) is 0.493. The molecule has 0 atom stereocenters. The van der Waals surface area contributed by atoms with Gasteiger partial charge in [0.25, 0.3) is 0 Å². The highest BCUT2D eigenvalue weighted by atomic mass is 19.1. The summed E-state index contributed by atoms with van der Waals surface area (Å²) in [4.78, 5) is 0. The topological polar surface area (TPSA) is 26.0 Å². The zero-order valence-corrected chi connectivity index (χ0v) is 7.13. The molecule has 66 valence electrons. The van der Waals surface area contributed by atoms with Gasteiger partial charge in [0.05, 0.1) is 0 Å². The second-order valence-electron chi connectivity index (χ2n) is 3.00. The van der Waals surface area contributed by atoms with E-state index in [1.807, 2.05) is 18.2 Å². The molecule has 13 heavy (non-hydrogen) atoms. The second kappa shape index (κ2) is 3.15. The fourth-order valence-electron chi connectivity index (χ4n) is 1.42. The Balaban J connectivity index is 2.72. The summed E-state index contributed by atoms with van der Waals surface area (Å²) in [5.41, 5.74) is 6.51. The van der Waals surface area contributed by atoms with Gasteiger partial charge in [0, 0.05) is 11.9 Å². The average Bonchev–Trinajstić information content (AvgIpc) is 2.18. The number of hydrogen-bond acceptors (Lipinski definition) is 1. The van der Waals surface area contributed by atoms with Gasteiger partial charge in [0.1, 0.15) is 5.82 Å². The van der Waals surface area contributed by atoms with E-state index in [0.717, 1.165) is 10.9 Å². The van der Waals surface area contributed by atoms with Crippen LogP contribution in [-0.2, 0) is 6.54 Å². The van der Waals surface area contributed by atoms with E-state index >= 15 is 0 Å². The lowest BCUT2D eigenvalue weighted by atomic mass is 10.1. The molecule has 1 nitrogen and oxygen atoms in total. The molecular weight excluding hydrogens is 165 g/mol. The highest BCUT2D eigenvalue weighted by molar-refractivity contribution is 5.83. The van der Waals surface area contributed by atoms with Crippen molar-refractivity contribution in [2.45, 2.75) is 6.54 Å². The van der Waals surface area contributed by atoms with Gasteiger partial charge in [-0.15, -0.1) is 0 Å². The van der Waals surface area contributed by atoms with E-state index < -0.39 is 0 Å². The molecule has 0 aliphatic rings. The van der Waals surface area contributed by atoms with Crippen molar-refractivity contribution in [3.05, 3.63) is 47.8 Å². The van der Waals surface area contributed by atoms with Gasteiger partial charge in [0.2, 0.25) is 0 Å². The molecule has 0 saturated carbocycles. The summed E-state index contributed by atoms with van der Waals surface area (Å²) in [5, 5.41) is 1.56. The van der Waals surface area contributed by atoms with Gasteiger partial charge in [-0.25, -0.2) is 4.39 Å². The Morgan fingerprint density at radius 1 is 1.15 bits per heavy atom. The number of nitrogens with two attached hydrogens (primary N) is 1. The van der Waals surface area contributed by atoms with Crippen LogP contribution in [0.15, 0.2) is 36.4 Å². The monoisotopic (exact) mass is 175 g/mol. The fraction of sp³-hybridized carbons (Fsp3) is 0.0909. The molecule has 0 bridgehead atoms. The number of rotatable bonds is 1. The maximum atomic E-state index is 13.2. The molecular formula is C11H10FN. The minimum Gasteiger partial charge on any atom is -0.326 e. The van der Waals surface area contributed by atoms with Crippen molar-refractivity contribution in [1.29, 1.82) is 0 Å². The molecule has 0 spiro atoms. The van der Waals surface area contributed by atoms with Crippen LogP contribution in [0.3, 0.4) is 0 Å². The van der Waals surface area contributed by atoms with Gasteiger partial charge >= 0.3 is 0 Å². The highest BCUT2D eigenvalue weighted by Gasteiger charge is 1.99. The van der Waals surface area contributed by atoms with Gasteiger partial charge in [-0.2, -0.15) is 0 Å². The van der Waals surface area contributed by atoms with Crippen LogP contribution < -0.4 is 5.73 Å². The van der Waals surface area contributed by atoms with Crippen LogP contribution in [0.4, 0.5) is 4.39 Å².